The number of rotatable bonds is 8. The van der Waals surface area contributed by atoms with Crippen molar-refractivity contribution in [2.45, 2.75) is 86.5 Å². The largest absolute Gasteiger partial charge is 0.328 e. The molecule has 0 saturated heterocycles. The molecule has 20 heteroatoms. The van der Waals surface area contributed by atoms with Crippen LogP contribution in [0.25, 0.3) is 33.6 Å². The average molecular weight is 895 g/mol. The van der Waals surface area contributed by atoms with Crippen molar-refractivity contribution in [2.24, 2.45) is 11.7 Å². The molecule has 18 nitrogen and oxygen atoms in total. The molecule has 2 aliphatic carbocycles. The van der Waals surface area contributed by atoms with Crippen LogP contribution in [0.3, 0.4) is 0 Å². The summed E-state index contributed by atoms with van der Waals surface area (Å²) in [4.78, 5) is 17.7. The predicted octanol–water partition coefficient (Wildman–Crippen LogP) is 5.63. The van der Waals surface area contributed by atoms with E-state index in [2.05, 4.69) is 40.3 Å². The van der Waals surface area contributed by atoms with Crippen molar-refractivity contribution in [3.63, 3.8) is 0 Å². The van der Waals surface area contributed by atoms with Crippen LogP contribution in [0, 0.1) is 31.1 Å². The second kappa shape index (κ2) is 16.0. The molecule has 11 rings (SSSR count). The average Bonchev–Trinajstić information content (AvgIpc) is 4.15. The Morgan fingerprint density at radius 1 is 0.625 bits per heavy atom. The number of nitrogens with two attached hydrogens (primary N) is 1. The first-order chi connectivity index (χ1) is 30.9. The van der Waals surface area contributed by atoms with Gasteiger partial charge in [-0.3, -0.25) is 13.8 Å². The zero-order valence-corrected chi connectivity index (χ0v) is 36.5. The zero-order valence-electron chi connectivity index (χ0n) is 34.8. The molecule has 7 heterocycles. The summed E-state index contributed by atoms with van der Waals surface area (Å²) in [7, 11) is -7.56. The lowest BCUT2D eigenvalue weighted by molar-refractivity contribution is 0.522. The second-order valence-corrected chi connectivity index (χ2v) is 20.3. The summed E-state index contributed by atoms with van der Waals surface area (Å²) < 4.78 is 59.3. The Hall–Kier alpha value is -6.95. The maximum atomic E-state index is 13.3. The number of hydrogen-bond donors (Lipinski definition) is 1. The molecule has 9 aromatic rings. The minimum absolute atomic E-state index is 0.168. The number of hydrogen-bond acceptors (Lipinski definition) is 14. The minimum atomic E-state index is -3.80. The fourth-order valence-corrected chi connectivity index (χ4v) is 11.6. The van der Waals surface area contributed by atoms with E-state index in [1.165, 1.54) is 26.5 Å². The summed E-state index contributed by atoms with van der Waals surface area (Å²) >= 11 is 0. The topological polar surface area (TPSA) is 240 Å². The van der Waals surface area contributed by atoms with E-state index in [1.807, 2.05) is 28.7 Å². The van der Waals surface area contributed by atoms with Crippen LogP contribution in [-0.2, 0) is 26.5 Å². The van der Waals surface area contributed by atoms with Crippen LogP contribution in [0.4, 0.5) is 0 Å². The van der Waals surface area contributed by atoms with Crippen molar-refractivity contribution in [2.75, 3.05) is 0 Å². The second-order valence-electron chi connectivity index (χ2n) is 16.7. The molecule has 7 aromatic heterocycles. The lowest BCUT2D eigenvalue weighted by Gasteiger charge is -2.11. The molecule has 0 aliphatic heterocycles. The standard InChI is InChI=1S/C25H22N8O2S.C19H20N6O2S/c1-16-2-6-21(7-3-16)36(34,35)32-9-8-22-25(32)29-15-23-30-31-24(33(22)23)18-5-4-17(10-18)11-19-13-28-20(12-26)14-27-19;1-12-2-6-15(7-3-12)28(26,27)24-9-8-16-19(24)21-11-17-22-23-18(25(16)17)13-4-5-14(20)10-13/h2-3,6-9,13-15,17-18H,4-5,10-11H2,1H3;2-3,6-9,11,13-14H,4-5,10,20H2,1H3/t17-,18+;13-,14+/m01/s1. The number of aromatic nitrogens is 12. The molecule has 2 N–H and O–H groups in total. The first-order valence-corrected chi connectivity index (χ1v) is 23.8. The van der Waals surface area contributed by atoms with Crippen LogP contribution < -0.4 is 5.73 Å². The fourth-order valence-electron chi connectivity index (χ4n) is 9.03. The van der Waals surface area contributed by atoms with Crippen molar-refractivity contribution in [1.82, 2.24) is 57.1 Å². The van der Waals surface area contributed by atoms with Gasteiger partial charge in [0.15, 0.2) is 28.3 Å². The molecule has 0 bridgehead atoms. The minimum Gasteiger partial charge on any atom is -0.328 e. The van der Waals surface area contributed by atoms with Gasteiger partial charge in [-0.15, -0.1) is 20.4 Å². The molecule has 2 saturated carbocycles. The molecular formula is C44H42N14O4S2. The molecule has 64 heavy (non-hydrogen) atoms. The van der Waals surface area contributed by atoms with E-state index in [1.54, 1.807) is 79.3 Å². The normalized spacial score (nSPS) is 19.1. The van der Waals surface area contributed by atoms with Crippen LogP contribution >= 0.6 is 0 Å². The van der Waals surface area contributed by atoms with Gasteiger partial charge >= 0.3 is 0 Å². The van der Waals surface area contributed by atoms with Crippen LogP contribution in [0.15, 0.2) is 108 Å². The lowest BCUT2D eigenvalue weighted by atomic mass is 9.99. The van der Waals surface area contributed by atoms with E-state index >= 15 is 0 Å². The molecule has 2 aliphatic rings. The van der Waals surface area contributed by atoms with Crippen LogP contribution in [-0.4, -0.2) is 80.0 Å². The summed E-state index contributed by atoms with van der Waals surface area (Å²) in [5.74, 6) is 2.44. The van der Waals surface area contributed by atoms with Gasteiger partial charge in [-0.05, 0) is 101 Å². The Labute approximate surface area is 367 Å². The highest BCUT2D eigenvalue weighted by Gasteiger charge is 2.32. The predicted molar refractivity (Wildman–Crippen MR) is 235 cm³/mol. The number of benzene rings is 2. The molecule has 0 unspecified atom stereocenters. The van der Waals surface area contributed by atoms with E-state index in [9.17, 15) is 16.8 Å². The molecular weight excluding hydrogens is 853 g/mol. The molecule has 2 fully saturated rings. The van der Waals surface area contributed by atoms with Crippen molar-refractivity contribution in [3.8, 4) is 6.07 Å². The Balaban J connectivity index is 0.000000156. The van der Waals surface area contributed by atoms with Gasteiger partial charge in [0.05, 0.1) is 45.1 Å². The van der Waals surface area contributed by atoms with Crippen LogP contribution in [0.1, 0.15) is 84.5 Å². The monoisotopic (exact) mass is 894 g/mol. The van der Waals surface area contributed by atoms with Gasteiger partial charge < -0.3 is 5.73 Å². The van der Waals surface area contributed by atoms with E-state index in [4.69, 9.17) is 11.0 Å². The van der Waals surface area contributed by atoms with Crippen LogP contribution in [0.5, 0.6) is 0 Å². The lowest BCUT2D eigenvalue weighted by Crippen LogP contribution is -2.15. The van der Waals surface area contributed by atoms with Crippen molar-refractivity contribution < 1.29 is 16.8 Å². The quantitative estimate of drug-likeness (QED) is 0.195. The first-order valence-electron chi connectivity index (χ1n) is 20.9. The van der Waals surface area contributed by atoms with E-state index in [0.717, 1.165) is 73.4 Å². The van der Waals surface area contributed by atoms with Gasteiger partial charge in [-0.2, -0.15) is 5.26 Å². The van der Waals surface area contributed by atoms with Gasteiger partial charge in [-0.1, -0.05) is 35.4 Å². The van der Waals surface area contributed by atoms with Gasteiger partial charge in [0.2, 0.25) is 0 Å². The molecule has 324 valence electrons. The van der Waals surface area contributed by atoms with Gasteiger partial charge in [0.1, 0.15) is 17.7 Å². The Bertz CT molecular complexity index is 3480. The van der Waals surface area contributed by atoms with E-state index in [-0.39, 0.29) is 27.7 Å². The maximum absolute atomic E-state index is 13.3. The SMILES string of the molecule is Cc1ccc(S(=O)(=O)n2ccc3c2ncc2nnc([C@@H]4CC[C@H](Cc5cnc(C#N)cn5)C4)n23)cc1.Cc1ccc(S(=O)(=O)n2ccc3c2ncc2nnc([C@@H]4CC[C@H](N)C4)n23)cc1. The highest BCUT2D eigenvalue weighted by Crippen LogP contribution is 2.40. The fraction of sp³-hybridized carbons (Fsp3) is 0.295. The molecule has 2 aromatic carbocycles. The van der Waals surface area contributed by atoms with Gasteiger partial charge in [0, 0.05) is 36.5 Å². The van der Waals surface area contributed by atoms with Crippen molar-refractivity contribution >= 4 is 53.7 Å². The molecule has 0 spiro atoms. The third-order valence-corrected chi connectivity index (χ3v) is 15.7. The summed E-state index contributed by atoms with van der Waals surface area (Å²) in [5, 5.41) is 26.3. The maximum Gasteiger partial charge on any atom is 0.269 e. The molecule has 0 amide bonds. The zero-order chi connectivity index (χ0) is 44.3. The van der Waals surface area contributed by atoms with Crippen LogP contribution in [0.2, 0.25) is 0 Å². The third-order valence-electron chi connectivity index (χ3n) is 12.3. The summed E-state index contributed by atoms with van der Waals surface area (Å²) in [6, 6.07) is 19.2. The van der Waals surface area contributed by atoms with Crippen molar-refractivity contribution in [3.05, 3.63) is 132 Å². The van der Waals surface area contributed by atoms with Gasteiger partial charge in [-0.25, -0.2) is 39.7 Å². The first kappa shape index (κ1) is 41.1. The summed E-state index contributed by atoms with van der Waals surface area (Å²) in [5.41, 5.74) is 12.5. The Morgan fingerprint density at radius 3 is 1.61 bits per heavy atom. The number of fused-ring (bicyclic) bond motifs is 6. The molecule has 0 radical (unpaired) electrons. The number of nitrogens with zero attached hydrogens (tertiary/aromatic N) is 13. The van der Waals surface area contributed by atoms with Crippen molar-refractivity contribution in [1.29, 1.82) is 5.26 Å². The summed E-state index contributed by atoms with van der Waals surface area (Å²) in [6.07, 6.45) is 15.8. The van der Waals surface area contributed by atoms with Gasteiger partial charge in [0.25, 0.3) is 20.0 Å². The van der Waals surface area contributed by atoms with E-state index in [0.29, 0.717) is 45.2 Å². The smallest absolute Gasteiger partial charge is 0.269 e. The number of aryl methyl sites for hydroxylation is 2. The van der Waals surface area contributed by atoms with E-state index < -0.39 is 20.0 Å². The molecule has 4 atom stereocenters. The Kier molecular flexibility index (Phi) is 10.3. The number of nitriles is 1. The Morgan fingerprint density at radius 2 is 1.14 bits per heavy atom. The summed E-state index contributed by atoms with van der Waals surface area (Å²) in [6.45, 7) is 3.83. The highest BCUT2D eigenvalue weighted by atomic mass is 32.2. The third kappa shape index (κ3) is 7.24. The highest BCUT2D eigenvalue weighted by molar-refractivity contribution is 7.90.